The van der Waals surface area contributed by atoms with Gasteiger partial charge in [0.2, 0.25) is 0 Å². The van der Waals surface area contributed by atoms with Crippen LogP contribution >= 0.6 is 0 Å². The highest BCUT2D eigenvalue weighted by Gasteiger charge is 2.19. The molecule has 0 spiro atoms. The number of hydrogen-bond acceptors (Lipinski definition) is 6. The first-order chi connectivity index (χ1) is 31.0. The van der Waals surface area contributed by atoms with Crippen LogP contribution in [0.4, 0.5) is 0 Å². The van der Waals surface area contributed by atoms with E-state index in [9.17, 15) is 14.4 Å². The predicted molar refractivity (Wildman–Crippen MR) is 270 cm³/mol. The Hall–Kier alpha value is -3.41. The zero-order valence-corrected chi connectivity index (χ0v) is 41.1. The fourth-order valence-electron chi connectivity index (χ4n) is 6.99. The summed E-state index contributed by atoms with van der Waals surface area (Å²) in [5, 5.41) is 0. The van der Waals surface area contributed by atoms with Crippen molar-refractivity contribution in [1.82, 2.24) is 0 Å². The zero-order valence-electron chi connectivity index (χ0n) is 41.1. The van der Waals surface area contributed by atoms with Crippen molar-refractivity contribution in [2.24, 2.45) is 0 Å². The monoisotopic (exact) mass is 877 g/mol. The van der Waals surface area contributed by atoms with Crippen LogP contribution in [0.1, 0.15) is 239 Å². The number of hydrogen-bond donors (Lipinski definition) is 0. The quantitative estimate of drug-likeness (QED) is 0.0262. The minimum atomic E-state index is -0.796. The minimum Gasteiger partial charge on any atom is -0.462 e. The average molecular weight is 877 g/mol. The maximum absolute atomic E-state index is 12.8. The van der Waals surface area contributed by atoms with Crippen molar-refractivity contribution in [3.8, 4) is 0 Å². The molecule has 0 amide bonds. The Morgan fingerprint density at radius 1 is 0.333 bits per heavy atom. The van der Waals surface area contributed by atoms with Gasteiger partial charge in [-0.05, 0) is 109 Å². The number of esters is 3. The van der Waals surface area contributed by atoms with Crippen LogP contribution in [0.15, 0.2) is 85.1 Å². The number of ether oxygens (including phenoxy) is 3. The van der Waals surface area contributed by atoms with E-state index in [1.54, 1.807) is 0 Å². The summed E-state index contributed by atoms with van der Waals surface area (Å²) in [6.45, 7) is 6.37. The zero-order chi connectivity index (χ0) is 45.8. The first-order valence-electron chi connectivity index (χ1n) is 26.1. The third-order valence-electron chi connectivity index (χ3n) is 10.9. The first kappa shape index (κ1) is 59.6. The van der Waals surface area contributed by atoms with Gasteiger partial charge in [0.1, 0.15) is 13.2 Å². The van der Waals surface area contributed by atoms with Gasteiger partial charge >= 0.3 is 17.9 Å². The largest absolute Gasteiger partial charge is 0.462 e. The van der Waals surface area contributed by atoms with Gasteiger partial charge in [-0.15, -0.1) is 0 Å². The van der Waals surface area contributed by atoms with Gasteiger partial charge in [-0.2, -0.15) is 0 Å². The molecule has 1 atom stereocenters. The summed E-state index contributed by atoms with van der Waals surface area (Å²) in [7, 11) is 0. The fourth-order valence-corrected chi connectivity index (χ4v) is 6.99. The van der Waals surface area contributed by atoms with E-state index in [1.165, 1.54) is 57.8 Å². The van der Waals surface area contributed by atoms with Crippen LogP contribution in [-0.4, -0.2) is 37.2 Å². The molecule has 0 radical (unpaired) electrons. The Bertz CT molecular complexity index is 1240. The normalized spacial score (nSPS) is 12.7. The highest BCUT2D eigenvalue weighted by Crippen LogP contribution is 2.14. The van der Waals surface area contributed by atoms with E-state index in [4.69, 9.17) is 14.2 Å². The standard InChI is InChI=1S/C57H96O6/c1-4-7-10-13-16-19-22-25-28-31-34-37-40-43-46-49-55(58)61-52-54(63-57(60)51-48-45-42-39-36-33-30-27-24-21-18-15-12-9-6-3)53-62-56(59)50-47-44-41-38-35-32-29-26-23-20-17-14-11-8-5-2/h7,9-10,12,16,18-19,21,25-30,54H,4-6,8,11,13-15,17,20,22-24,31-53H2,1-3H3. The second kappa shape index (κ2) is 51.2. The van der Waals surface area contributed by atoms with E-state index >= 15 is 0 Å². The predicted octanol–water partition coefficient (Wildman–Crippen LogP) is 17.2. The number of carbonyl (C=O) groups excluding carboxylic acids is 3. The molecule has 0 aliphatic rings. The number of allylic oxidation sites excluding steroid dienone is 14. The lowest BCUT2D eigenvalue weighted by Crippen LogP contribution is -2.30. The molecule has 0 saturated heterocycles. The first-order valence-corrected chi connectivity index (χ1v) is 26.1. The highest BCUT2D eigenvalue weighted by molar-refractivity contribution is 5.71. The third-order valence-corrected chi connectivity index (χ3v) is 10.9. The number of carbonyl (C=O) groups is 3. The Kier molecular flexibility index (Phi) is 48.5. The second-order valence-corrected chi connectivity index (χ2v) is 17.0. The second-order valence-electron chi connectivity index (χ2n) is 17.0. The topological polar surface area (TPSA) is 78.9 Å². The SMILES string of the molecule is CCC=CCC=CCC=CCCCCCCCC(=O)OCC(COC(=O)CCCCCCCC=CCCCCCCCC)OC(=O)CCCCCCCC=CCC=CCC=CCC. The summed E-state index contributed by atoms with van der Waals surface area (Å²) in [6, 6.07) is 0. The van der Waals surface area contributed by atoms with E-state index in [2.05, 4.69) is 106 Å². The molecule has 0 aromatic carbocycles. The van der Waals surface area contributed by atoms with Crippen LogP contribution in [0.5, 0.6) is 0 Å². The molecule has 360 valence electrons. The molecule has 0 N–H and O–H groups in total. The Balaban J connectivity index is 4.46. The van der Waals surface area contributed by atoms with Crippen LogP contribution in [0.25, 0.3) is 0 Å². The van der Waals surface area contributed by atoms with E-state index < -0.39 is 6.10 Å². The van der Waals surface area contributed by atoms with Gasteiger partial charge in [0, 0.05) is 19.3 Å². The lowest BCUT2D eigenvalue weighted by molar-refractivity contribution is -0.167. The van der Waals surface area contributed by atoms with Gasteiger partial charge in [-0.25, -0.2) is 0 Å². The molecule has 0 aliphatic carbocycles. The third kappa shape index (κ3) is 49.5. The van der Waals surface area contributed by atoms with Crippen LogP contribution in [0, 0.1) is 0 Å². The maximum Gasteiger partial charge on any atom is 0.306 e. The highest BCUT2D eigenvalue weighted by atomic mass is 16.6. The van der Waals surface area contributed by atoms with Gasteiger partial charge in [0.25, 0.3) is 0 Å². The maximum atomic E-state index is 12.8. The molecule has 0 aromatic heterocycles. The molecule has 0 heterocycles. The molecular weight excluding hydrogens is 781 g/mol. The van der Waals surface area contributed by atoms with E-state index in [-0.39, 0.29) is 31.1 Å². The van der Waals surface area contributed by atoms with Crippen molar-refractivity contribution in [1.29, 1.82) is 0 Å². The molecule has 0 aromatic rings. The molecule has 6 heteroatoms. The molecule has 0 bridgehead atoms. The van der Waals surface area contributed by atoms with Crippen molar-refractivity contribution in [3.63, 3.8) is 0 Å². The molecule has 0 aliphatic heterocycles. The lowest BCUT2D eigenvalue weighted by Gasteiger charge is -2.18. The summed E-state index contributed by atoms with van der Waals surface area (Å²) in [6.07, 6.45) is 65.6. The summed E-state index contributed by atoms with van der Waals surface area (Å²) < 4.78 is 16.8. The Labute approximate surface area is 388 Å². The van der Waals surface area contributed by atoms with Gasteiger partial charge < -0.3 is 14.2 Å². The number of rotatable bonds is 46. The van der Waals surface area contributed by atoms with Crippen LogP contribution in [0.2, 0.25) is 0 Å². The Morgan fingerprint density at radius 2 is 0.619 bits per heavy atom. The molecular formula is C57H96O6. The van der Waals surface area contributed by atoms with E-state index in [0.717, 1.165) is 141 Å². The molecule has 0 fully saturated rings. The van der Waals surface area contributed by atoms with E-state index in [1.807, 2.05) is 0 Å². The van der Waals surface area contributed by atoms with Gasteiger partial charge in [-0.1, -0.05) is 196 Å². The fraction of sp³-hybridized carbons (Fsp3) is 0.702. The lowest BCUT2D eigenvalue weighted by atomic mass is 10.1. The summed E-state index contributed by atoms with van der Waals surface area (Å²) in [5.41, 5.74) is 0. The average Bonchev–Trinajstić information content (AvgIpc) is 3.28. The van der Waals surface area contributed by atoms with Crippen LogP contribution in [0.3, 0.4) is 0 Å². The smallest absolute Gasteiger partial charge is 0.306 e. The van der Waals surface area contributed by atoms with Crippen LogP contribution in [-0.2, 0) is 28.6 Å². The molecule has 63 heavy (non-hydrogen) atoms. The number of unbranched alkanes of at least 4 members (excludes halogenated alkanes) is 21. The van der Waals surface area contributed by atoms with Crippen molar-refractivity contribution in [2.45, 2.75) is 245 Å². The molecule has 0 rings (SSSR count). The van der Waals surface area contributed by atoms with Crippen LogP contribution < -0.4 is 0 Å². The minimum absolute atomic E-state index is 0.0941. The van der Waals surface area contributed by atoms with Crippen molar-refractivity contribution < 1.29 is 28.6 Å². The molecule has 0 saturated carbocycles. The van der Waals surface area contributed by atoms with Gasteiger partial charge in [-0.3, -0.25) is 14.4 Å². The molecule has 6 nitrogen and oxygen atoms in total. The van der Waals surface area contributed by atoms with Crippen molar-refractivity contribution in [2.75, 3.05) is 13.2 Å². The summed E-state index contributed by atoms with van der Waals surface area (Å²) in [5.74, 6) is -0.936. The van der Waals surface area contributed by atoms with Gasteiger partial charge in [0.05, 0.1) is 0 Å². The summed E-state index contributed by atoms with van der Waals surface area (Å²) in [4.78, 5) is 38.0. The summed E-state index contributed by atoms with van der Waals surface area (Å²) >= 11 is 0. The molecule has 1 unspecified atom stereocenters. The van der Waals surface area contributed by atoms with Crippen molar-refractivity contribution >= 4 is 17.9 Å². The van der Waals surface area contributed by atoms with Gasteiger partial charge in [0.15, 0.2) is 6.10 Å². The van der Waals surface area contributed by atoms with E-state index in [0.29, 0.717) is 19.3 Å². The Morgan fingerprint density at radius 3 is 0.984 bits per heavy atom. The van der Waals surface area contributed by atoms with Crippen molar-refractivity contribution in [3.05, 3.63) is 85.1 Å².